The third-order valence-corrected chi connectivity index (χ3v) is 7.01. The highest BCUT2D eigenvalue weighted by Crippen LogP contribution is 2.29. The van der Waals surface area contributed by atoms with Gasteiger partial charge in [0.2, 0.25) is 16.0 Å². The summed E-state index contributed by atoms with van der Waals surface area (Å²) < 4.78 is 14.9. The van der Waals surface area contributed by atoms with Crippen molar-refractivity contribution in [1.82, 2.24) is 19.9 Å². The fourth-order valence-corrected chi connectivity index (χ4v) is 4.98. The molecule has 5 rings (SSSR count). The van der Waals surface area contributed by atoms with Crippen LogP contribution < -0.4 is 10.2 Å². The minimum absolute atomic E-state index is 0.0318. The van der Waals surface area contributed by atoms with E-state index in [1.54, 1.807) is 16.6 Å². The Labute approximate surface area is 189 Å². The number of hydrogen-bond donors (Lipinski definition) is 1. The molecular weight excluding hydrogens is 425 g/mol. The molecule has 1 saturated heterocycles. The van der Waals surface area contributed by atoms with Crippen LogP contribution in [0.4, 0.5) is 9.52 Å². The molecule has 0 aliphatic carbocycles. The number of aryl methyl sites for hydroxylation is 1. The van der Waals surface area contributed by atoms with Crippen molar-refractivity contribution in [2.75, 3.05) is 18.0 Å². The Morgan fingerprint density at radius 1 is 1.16 bits per heavy atom. The van der Waals surface area contributed by atoms with Crippen LogP contribution in [-0.4, -0.2) is 33.6 Å². The van der Waals surface area contributed by atoms with Crippen LogP contribution in [0.1, 0.15) is 24.0 Å². The number of amides is 1. The van der Waals surface area contributed by atoms with Crippen molar-refractivity contribution in [2.24, 2.45) is 5.92 Å². The lowest BCUT2D eigenvalue weighted by molar-refractivity contribution is -0.125. The van der Waals surface area contributed by atoms with Crippen LogP contribution in [0.15, 0.2) is 54.7 Å². The third kappa shape index (κ3) is 4.23. The Bertz CT molecular complexity index is 1210. The highest BCUT2D eigenvalue weighted by molar-refractivity contribution is 7.20. The first kappa shape index (κ1) is 20.6. The van der Waals surface area contributed by atoms with Gasteiger partial charge in [-0.2, -0.15) is 0 Å². The largest absolute Gasteiger partial charge is 0.352 e. The molecule has 0 atom stereocenters. The number of carbonyl (C=O) groups excluding carboxylic acids is 1. The molecule has 164 valence electrons. The molecular formula is C24H24FN5OS. The summed E-state index contributed by atoms with van der Waals surface area (Å²) in [6.07, 6.45) is 3.49. The summed E-state index contributed by atoms with van der Waals surface area (Å²) in [5.41, 5.74) is 3.99. The van der Waals surface area contributed by atoms with Gasteiger partial charge in [0.1, 0.15) is 5.82 Å². The van der Waals surface area contributed by atoms with Crippen molar-refractivity contribution in [2.45, 2.75) is 26.3 Å². The van der Waals surface area contributed by atoms with Gasteiger partial charge in [-0.25, -0.2) is 13.9 Å². The first-order valence-electron chi connectivity index (χ1n) is 10.8. The second kappa shape index (κ2) is 8.70. The molecule has 1 fully saturated rings. The van der Waals surface area contributed by atoms with E-state index in [4.69, 9.17) is 0 Å². The highest BCUT2D eigenvalue weighted by Gasteiger charge is 2.27. The first-order valence-corrected chi connectivity index (χ1v) is 11.6. The van der Waals surface area contributed by atoms with E-state index in [2.05, 4.69) is 39.4 Å². The molecule has 2 aromatic carbocycles. The Balaban J connectivity index is 1.18. The Kier molecular flexibility index (Phi) is 5.61. The normalized spacial score (nSPS) is 14.8. The molecule has 2 aromatic heterocycles. The van der Waals surface area contributed by atoms with Crippen molar-refractivity contribution >= 4 is 27.3 Å². The molecule has 4 aromatic rings. The number of benzene rings is 2. The van der Waals surface area contributed by atoms with Crippen molar-refractivity contribution in [3.63, 3.8) is 0 Å². The molecule has 0 radical (unpaired) electrons. The molecule has 0 unspecified atom stereocenters. The topological polar surface area (TPSA) is 62.5 Å². The SMILES string of the molecule is Cc1ccccc1CNC(=O)C1CCN(c2nn3cc(-c4ccc(F)cc4)nc3s2)CC1. The number of piperidine rings is 1. The van der Waals surface area contributed by atoms with Crippen molar-refractivity contribution in [3.8, 4) is 11.3 Å². The average Bonchev–Trinajstić information content (AvgIpc) is 3.39. The lowest BCUT2D eigenvalue weighted by atomic mass is 9.96. The Morgan fingerprint density at radius 3 is 2.62 bits per heavy atom. The van der Waals surface area contributed by atoms with Gasteiger partial charge in [0.15, 0.2) is 0 Å². The Morgan fingerprint density at radius 2 is 1.91 bits per heavy atom. The molecule has 6 nitrogen and oxygen atoms in total. The minimum Gasteiger partial charge on any atom is -0.352 e. The maximum Gasteiger partial charge on any atom is 0.223 e. The van der Waals surface area contributed by atoms with Gasteiger partial charge in [0, 0.05) is 31.1 Å². The molecule has 1 aliphatic rings. The van der Waals surface area contributed by atoms with E-state index >= 15 is 0 Å². The van der Waals surface area contributed by atoms with Gasteiger partial charge in [-0.3, -0.25) is 4.79 Å². The number of anilines is 1. The maximum absolute atomic E-state index is 13.2. The third-order valence-electron chi connectivity index (χ3n) is 6.02. The maximum atomic E-state index is 13.2. The van der Waals surface area contributed by atoms with Gasteiger partial charge in [0.25, 0.3) is 0 Å². The van der Waals surface area contributed by atoms with Gasteiger partial charge >= 0.3 is 0 Å². The van der Waals surface area contributed by atoms with Crippen LogP contribution in [0.2, 0.25) is 0 Å². The number of carbonyl (C=O) groups is 1. The van der Waals surface area contributed by atoms with Gasteiger partial charge < -0.3 is 10.2 Å². The summed E-state index contributed by atoms with van der Waals surface area (Å²) in [5.74, 6) is -0.0994. The zero-order valence-electron chi connectivity index (χ0n) is 17.8. The number of aromatic nitrogens is 3. The predicted octanol–water partition coefficient (Wildman–Crippen LogP) is 4.44. The zero-order chi connectivity index (χ0) is 22.1. The average molecular weight is 450 g/mol. The van der Waals surface area contributed by atoms with Crippen molar-refractivity contribution in [1.29, 1.82) is 0 Å². The van der Waals surface area contributed by atoms with Crippen LogP contribution in [0.5, 0.6) is 0 Å². The number of nitrogens with one attached hydrogen (secondary N) is 1. The lowest BCUT2D eigenvalue weighted by Gasteiger charge is -2.30. The van der Waals surface area contributed by atoms with E-state index in [1.807, 2.05) is 18.3 Å². The fraction of sp³-hybridized carbons (Fsp3) is 0.292. The van der Waals surface area contributed by atoms with Crippen LogP contribution in [0.25, 0.3) is 16.2 Å². The number of nitrogens with zero attached hydrogens (tertiary/aromatic N) is 4. The second-order valence-electron chi connectivity index (χ2n) is 8.15. The summed E-state index contributed by atoms with van der Waals surface area (Å²) in [4.78, 5) is 20.3. The number of imidazole rings is 1. The van der Waals surface area contributed by atoms with E-state index in [-0.39, 0.29) is 17.6 Å². The first-order chi connectivity index (χ1) is 15.6. The molecule has 1 amide bonds. The molecule has 0 bridgehead atoms. The van der Waals surface area contributed by atoms with E-state index < -0.39 is 0 Å². The summed E-state index contributed by atoms with van der Waals surface area (Å²) in [6, 6.07) is 14.4. The van der Waals surface area contributed by atoms with Gasteiger partial charge in [-0.05, 0) is 55.2 Å². The van der Waals surface area contributed by atoms with Crippen LogP contribution in [0.3, 0.4) is 0 Å². The number of hydrogen-bond acceptors (Lipinski definition) is 5. The summed E-state index contributed by atoms with van der Waals surface area (Å²) in [5, 5.41) is 8.69. The van der Waals surface area contributed by atoms with Gasteiger partial charge in [0.05, 0.1) is 11.9 Å². The van der Waals surface area contributed by atoms with Crippen LogP contribution in [0, 0.1) is 18.7 Å². The molecule has 0 saturated carbocycles. The Hall–Kier alpha value is -3.26. The second-order valence-corrected chi connectivity index (χ2v) is 9.08. The number of fused-ring (bicyclic) bond motifs is 1. The standard InChI is InChI=1S/C24H24FN5OS/c1-16-4-2-3-5-19(16)14-26-22(31)18-10-12-29(13-11-18)24-28-30-15-21(27-23(30)32-24)17-6-8-20(25)9-7-17/h2-9,15,18H,10-14H2,1H3,(H,26,31). The fourth-order valence-electron chi connectivity index (χ4n) is 4.05. The molecule has 32 heavy (non-hydrogen) atoms. The summed E-state index contributed by atoms with van der Waals surface area (Å²) in [7, 11) is 0. The smallest absolute Gasteiger partial charge is 0.223 e. The number of halogens is 1. The molecule has 0 spiro atoms. The monoisotopic (exact) mass is 449 g/mol. The predicted molar refractivity (Wildman–Crippen MR) is 124 cm³/mol. The quantitative estimate of drug-likeness (QED) is 0.489. The van der Waals surface area contributed by atoms with E-state index in [0.29, 0.717) is 6.54 Å². The molecule has 1 N–H and O–H groups in total. The molecule has 3 heterocycles. The molecule has 8 heteroatoms. The van der Waals surface area contributed by atoms with Crippen molar-refractivity contribution in [3.05, 3.63) is 71.7 Å². The van der Waals surface area contributed by atoms with E-state index in [0.717, 1.165) is 52.8 Å². The highest BCUT2D eigenvalue weighted by atomic mass is 32.1. The van der Waals surface area contributed by atoms with Gasteiger partial charge in [-0.1, -0.05) is 35.6 Å². The lowest BCUT2D eigenvalue weighted by Crippen LogP contribution is -2.40. The summed E-state index contributed by atoms with van der Waals surface area (Å²) >= 11 is 1.53. The van der Waals surface area contributed by atoms with Crippen LogP contribution in [-0.2, 0) is 11.3 Å². The van der Waals surface area contributed by atoms with Crippen molar-refractivity contribution < 1.29 is 9.18 Å². The van der Waals surface area contributed by atoms with E-state index in [9.17, 15) is 9.18 Å². The number of rotatable bonds is 5. The van der Waals surface area contributed by atoms with E-state index in [1.165, 1.54) is 29.0 Å². The zero-order valence-corrected chi connectivity index (χ0v) is 18.6. The van der Waals surface area contributed by atoms with Gasteiger partial charge in [-0.15, -0.1) is 5.10 Å². The molecule has 1 aliphatic heterocycles. The summed E-state index contributed by atoms with van der Waals surface area (Å²) in [6.45, 7) is 4.23. The minimum atomic E-state index is -0.262. The van der Waals surface area contributed by atoms with Crippen LogP contribution >= 0.6 is 11.3 Å².